The molecule has 37 heavy (non-hydrogen) atoms. The van der Waals surface area contributed by atoms with Crippen LogP contribution in [0.3, 0.4) is 0 Å². The number of aliphatic imine (C=N–C) groups is 1. The summed E-state index contributed by atoms with van der Waals surface area (Å²) in [6.45, 7) is 3.75. The minimum Gasteiger partial charge on any atom is -0.506 e. The first kappa shape index (κ1) is 25.9. The van der Waals surface area contributed by atoms with Gasteiger partial charge >= 0.3 is 5.97 Å². The number of nitrogens with zero attached hydrogens (tertiary/aromatic N) is 1. The van der Waals surface area contributed by atoms with Crippen LogP contribution in [0.2, 0.25) is 0 Å². The summed E-state index contributed by atoms with van der Waals surface area (Å²) in [5, 5.41) is 10.9. The first-order valence-electron chi connectivity index (χ1n) is 11.5. The zero-order valence-corrected chi connectivity index (χ0v) is 21.0. The smallest absolute Gasteiger partial charge is 0.344 e. The SMILES string of the molecule is CCOC(=O)C1=C(O)/C(=C/c2ccc(OCc3ccccc3F)cc2)SC1=NC(=O)c1ccc(C)cc1. The Labute approximate surface area is 218 Å². The summed E-state index contributed by atoms with van der Waals surface area (Å²) in [6.07, 6.45) is 1.67. The number of amides is 1. The van der Waals surface area contributed by atoms with E-state index < -0.39 is 11.9 Å². The summed E-state index contributed by atoms with van der Waals surface area (Å²) in [5.41, 5.74) is 2.37. The number of hydrogen-bond acceptors (Lipinski definition) is 6. The van der Waals surface area contributed by atoms with Crippen molar-refractivity contribution in [3.8, 4) is 5.75 Å². The molecule has 188 valence electrons. The molecule has 0 unspecified atom stereocenters. The van der Waals surface area contributed by atoms with Crippen LogP contribution in [0.15, 0.2) is 94.0 Å². The van der Waals surface area contributed by atoms with Crippen molar-refractivity contribution in [3.05, 3.63) is 117 Å². The number of rotatable bonds is 7. The minimum atomic E-state index is -0.761. The van der Waals surface area contributed by atoms with Gasteiger partial charge in [0.05, 0.1) is 11.5 Å². The molecule has 1 aliphatic heterocycles. The van der Waals surface area contributed by atoms with Gasteiger partial charge in [-0.25, -0.2) is 14.2 Å². The van der Waals surface area contributed by atoms with Crippen LogP contribution in [-0.4, -0.2) is 28.6 Å². The molecule has 1 heterocycles. The Morgan fingerprint density at radius 2 is 1.73 bits per heavy atom. The van der Waals surface area contributed by atoms with Crippen molar-refractivity contribution in [1.29, 1.82) is 0 Å². The fourth-order valence-electron chi connectivity index (χ4n) is 3.43. The second-order valence-electron chi connectivity index (χ2n) is 8.09. The van der Waals surface area contributed by atoms with Crippen molar-refractivity contribution in [3.63, 3.8) is 0 Å². The molecule has 1 N–H and O–H groups in total. The molecule has 0 aliphatic carbocycles. The lowest BCUT2D eigenvalue weighted by molar-refractivity contribution is -0.138. The molecular formula is C29H24FNO5S. The van der Waals surface area contributed by atoms with E-state index in [4.69, 9.17) is 9.47 Å². The summed E-state index contributed by atoms with van der Waals surface area (Å²) in [4.78, 5) is 29.7. The van der Waals surface area contributed by atoms with Gasteiger partial charge in [0, 0.05) is 11.1 Å². The number of esters is 1. The number of aliphatic hydroxyl groups is 1. The number of benzene rings is 3. The Hall–Kier alpha value is -4.17. The quantitative estimate of drug-likeness (QED) is 0.364. The molecule has 6 nitrogen and oxygen atoms in total. The summed E-state index contributed by atoms with van der Waals surface area (Å²) in [5.74, 6) is -1.39. The van der Waals surface area contributed by atoms with E-state index in [1.54, 1.807) is 79.7 Å². The molecule has 0 atom stereocenters. The lowest BCUT2D eigenvalue weighted by atomic mass is 10.1. The Kier molecular flexibility index (Phi) is 8.20. The summed E-state index contributed by atoms with van der Waals surface area (Å²) in [7, 11) is 0. The van der Waals surface area contributed by atoms with Gasteiger partial charge in [-0.05, 0) is 55.8 Å². The van der Waals surface area contributed by atoms with E-state index >= 15 is 0 Å². The van der Waals surface area contributed by atoms with Gasteiger partial charge in [-0.1, -0.05) is 59.8 Å². The van der Waals surface area contributed by atoms with Gasteiger partial charge in [0.15, 0.2) is 0 Å². The highest BCUT2D eigenvalue weighted by Gasteiger charge is 2.34. The van der Waals surface area contributed by atoms with E-state index in [2.05, 4.69) is 4.99 Å². The van der Waals surface area contributed by atoms with Crippen molar-refractivity contribution < 1.29 is 28.6 Å². The molecular weight excluding hydrogens is 493 g/mol. The first-order valence-corrected chi connectivity index (χ1v) is 12.3. The maximum absolute atomic E-state index is 13.8. The molecule has 0 bridgehead atoms. The maximum atomic E-state index is 13.8. The van der Waals surface area contributed by atoms with E-state index in [0.29, 0.717) is 27.3 Å². The first-order chi connectivity index (χ1) is 17.9. The van der Waals surface area contributed by atoms with E-state index in [-0.39, 0.29) is 35.4 Å². The van der Waals surface area contributed by atoms with Crippen LogP contribution < -0.4 is 4.74 Å². The normalized spacial score (nSPS) is 15.3. The molecule has 8 heteroatoms. The van der Waals surface area contributed by atoms with Gasteiger partial charge in [0.2, 0.25) is 0 Å². The number of halogens is 1. The zero-order valence-electron chi connectivity index (χ0n) is 20.2. The van der Waals surface area contributed by atoms with Crippen molar-refractivity contribution >= 4 is 34.8 Å². The molecule has 4 rings (SSSR count). The monoisotopic (exact) mass is 517 g/mol. The third-order valence-electron chi connectivity index (χ3n) is 5.40. The predicted octanol–water partition coefficient (Wildman–Crippen LogP) is 6.41. The fraction of sp³-hybridized carbons (Fsp3) is 0.138. The third-order valence-corrected chi connectivity index (χ3v) is 6.42. The Morgan fingerprint density at radius 3 is 2.41 bits per heavy atom. The number of thioether (sulfide) groups is 1. The van der Waals surface area contributed by atoms with Crippen LogP contribution in [0.5, 0.6) is 5.75 Å². The van der Waals surface area contributed by atoms with Gasteiger partial charge in [-0.15, -0.1) is 0 Å². The molecule has 3 aromatic rings. The number of carbonyl (C=O) groups excluding carboxylic acids is 2. The molecule has 0 spiro atoms. The highest BCUT2D eigenvalue weighted by molar-refractivity contribution is 8.18. The Balaban J connectivity index is 1.55. The van der Waals surface area contributed by atoms with Crippen LogP contribution in [0.1, 0.15) is 34.0 Å². The van der Waals surface area contributed by atoms with E-state index in [1.807, 2.05) is 6.92 Å². The van der Waals surface area contributed by atoms with Crippen molar-refractivity contribution in [2.45, 2.75) is 20.5 Å². The summed E-state index contributed by atoms with van der Waals surface area (Å²) < 4.78 is 24.5. The summed E-state index contributed by atoms with van der Waals surface area (Å²) in [6, 6.07) is 20.2. The second-order valence-corrected chi connectivity index (χ2v) is 9.12. The number of aryl methyl sites for hydroxylation is 1. The molecule has 0 saturated heterocycles. The molecule has 0 aromatic heterocycles. The van der Waals surface area contributed by atoms with Crippen molar-refractivity contribution in [2.75, 3.05) is 6.61 Å². The lowest BCUT2D eigenvalue weighted by Crippen LogP contribution is -2.14. The van der Waals surface area contributed by atoms with Gasteiger partial charge < -0.3 is 14.6 Å². The average molecular weight is 518 g/mol. The van der Waals surface area contributed by atoms with Crippen LogP contribution in [0, 0.1) is 12.7 Å². The van der Waals surface area contributed by atoms with Crippen molar-refractivity contribution in [1.82, 2.24) is 0 Å². The molecule has 3 aromatic carbocycles. The second kappa shape index (κ2) is 11.7. The molecule has 0 saturated carbocycles. The van der Waals surface area contributed by atoms with Crippen molar-refractivity contribution in [2.24, 2.45) is 4.99 Å². The minimum absolute atomic E-state index is 0.0672. The standard InChI is InChI=1S/C29H24FNO5S/c1-3-35-29(34)25-26(32)24(37-28(25)31-27(33)20-12-8-18(2)9-13-20)16-19-10-14-22(15-11-19)36-17-21-6-4-5-7-23(21)30/h4-16,32H,3,17H2,1-2H3/b24-16-,31-28?. The van der Waals surface area contributed by atoms with Gasteiger partial charge in [-0.2, -0.15) is 0 Å². The topological polar surface area (TPSA) is 85.2 Å². The van der Waals surface area contributed by atoms with Gasteiger partial charge in [0.1, 0.15) is 34.5 Å². The number of carbonyl (C=O) groups is 2. The predicted molar refractivity (Wildman–Crippen MR) is 142 cm³/mol. The maximum Gasteiger partial charge on any atom is 0.344 e. The Bertz CT molecular complexity index is 1410. The highest BCUT2D eigenvalue weighted by Crippen LogP contribution is 2.39. The molecule has 0 radical (unpaired) electrons. The summed E-state index contributed by atoms with van der Waals surface area (Å²) >= 11 is 1.01. The van der Waals surface area contributed by atoms with Crippen LogP contribution in [0.25, 0.3) is 6.08 Å². The van der Waals surface area contributed by atoms with Crippen LogP contribution in [-0.2, 0) is 16.1 Å². The average Bonchev–Trinajstić information content (AvgIpc) is 3.19. The number of ether oxygens (including phenoxy) is 2. The number of aliphatic hydroxyl groups excluding tert-OH is 1. The van der Waals surface area contributed by atoms with Gasteiger partial charge in [-0.3, -0.25) is 4.79 Å². The molecule has 0 fully saturated rings. The van der Waals surface area contributed by atoms with E-state index in [1.165, 1.54) is 6.07 Å². The lowest BCUT2D eigenvalue weighted by Gasteiger charge is -2.07. The van der Waals surface area contributed by atoms with Crippen LogP contribution >= 0.6 is 11.8 Å². The molecule has 1 amide bonds. The van der Waals surface area contributed by atoms with Gasteiger partial charge in [0.25, 0.3) is 5.91 Å². The fourth-order valence-corrected chi connectivity index (χ4v) is 4.45. The number of hydrogen-bond donors (Lipinski definition) is 1. The van der Waals surface area contributed by atoms with Crippen LogP contribution in [0.4, 0.5) is 4.39 Å². The molecule has 1 aliphatic rings. The Morgan fingerprint density at radius 1 is 1.03 bits per heavy atom. The highest BCUT2D eigenvalue weighted by atomic mass is 32.2. The van der Waals surface area contributed by atoms with E-state index in [9.17, 15) is 19.1 Å². The third kappa shape index (κ3) is 6.34. The van der Waals surface area contributed by atoms with E-state index in [0.717, 1.165) is 17.3 Å². The zero-order chi connectivity index (χ0) is 26.4. The largest absolute Gasteiger partial charge is 0.506 e.